The van der Waals surface area contributed by atoms with E-state index in [-0.39, 0.29) is 24.7 Å². The fraction of sp³-hybridized carbons (Fsp3) is 0.278. The fourth-order valence-electron chi connectivity index (χ4n) is 2.80. The number of benzene rings is 1. The van der Waals surface area contributed by atoms with Gasteiger partial charge in [0.2, 0.25) is 0 Å². The number of rotatable bonds is 6. The van der Waals surface area contributed by atoms with Gasteiger partial charge in [-0.25, -0.2) is 8.42 Å². The lowest BCUT2D eigenvalue weighted by atomic mass is 9.99. The largest absolute Gasteiger partial charge is 0.481 e. The number of hydrogen-bond acceptors (Lipinski definition) is 5. The first-order valence-corrected chi connectivity index (χ1v) is 9.99. The van der Waals surface area contributed by atoms with Gasteiger partial charge >= 0.3 is 5.97 Å². The van der Waals surface area contributed by atoms with E-state index in [1.54, 1.807) is 4.90 Å². The van der Waals surface area contributed by atoms with Crippen LogP contribution in [0.3, 0.4) is 0 Å². The van der Waals surface area contributed by atoms with Crippen molar-refractivity contribution in [3.63, 3.8) is 0 Å². The Hall–Kier alpha value is -2.94. The van der Waals surface area contributed by atoms with Crippen LogP contribution in [-0.4, -0.2) is 55.0 Å². The third-order valence-electron chi connectivity index (χ3n) is 4.27. The number of nitrogens with zero attached hydrogens (tertiary/aromatic N) is 2. The lowest BCUT2D eigenvalue weighted by molar-refractivity contribution is -0.141. The van der Waals surface area contributed by atoms with Crippen LogP contribution in [0.25, 0.3) is 0 Å². The van der Waals surface area contributed by atoms with Gasteiger partial charge in [0.15, 0.2) is 0 Å². The van der Waals surface area contributed by atoms with Gasteiger partial charge in [0.05, 0.1) is 17.2 Å². The summed E-state index contributed by atoms with van der Waals surface area (Å²) in [5, 5.41) is 12.0. The van der Waals surface area contributed by atoms with Crippen LogP contribution < -0.4 is 5.32 Å². The van der Waals surface area contributed by atoms with Crippen molar-refractivity contribution in [2.24, 2.45) is 10.3 Å². The molecule has 0 saturated carbocycles. The van der Waals surface area contributed by atoms with Gasteiger partial charge in [0, 0.05) is 19.3 Å². The van der Waals surface area contributed by atoms with E-state index >= 15 is 0 Å². The van der Waals surface area contributed by atoms with E-state index in [1.165, 1.54) is 18.4 Å². The summed E-state index contributed by atoms with van der Waals surface area (Å²) in [6, 6.07) is 9.21. The number of aliphatic carboxylic acids is 1. The minimum atomic E-state index is -3.45. The summed E-state index contributed by atoms with van der Waals surface area (Å²) in [6.45, 7) is 0.206. The van der Waals surface area contributed by atoms with Crippen LogP contribution >= 0.6 is 0 Å². The third kappa shape index (κ3) is 4.82. The highest BCUT2D eigenvalue weighted by atomic mass is 32.2. The topological polar surface area (TPSA) is 116 Å². The summed E-state index contributed by atoms with van der Waals surface area (Å²) in [4.78, 5) is 25.4. The SMILES string of the molecule is O=C(NCC(Cc1ccccc1)C(=O)O)C1=CN2CCS(=O)(=O)N=C2C=C1. The van der Waals surface area contributed by atoms with Crippen molar-refractivity contribution in [1.82, 2.24) is 10.2 Å². The molecule has 2 aliphatic heterocycles. The number of nitrogens with one attached hydrogen (secondary N) is 1. The Kier molecular flexibility index (Phi) is 5.41. The molecule has 142 valence electrons. The fourth-order valence-corrected chi connectivity index (χ4v) is 3.77. The molecule has 0 saturated heterocycles. The zero-order chi connectivity index (χ0) is 19.4. The lowest BCUT2D eigenvalue weighted by Crippen LogP contribution is -2.39. The van der Waals surface area contributed by atoms with Crippen LogP contribution in [-0.2, 0) is 26.0 Å². The van der Waals surface area contributed by atoms with Crippen LogP contribution in [0.1, 0.15) is 5.56 Å². The van der Waals surface area contributed by atoms with Crippen LogP contribution in [0.4, 0.5) is 0 Å². The van der Waals surface area contributed by atoms with Crippen molar-refractivity contribution in [2.75, 3.05) is 18.8 Å². The Morgan fingerprint density at radius 2 is 1.96 bits per heavy atom. The summed E-state index contributed by atoms with van der Waals surface area (Å²) in [7, 11) is -3.45. The summed E-state index contributed by atoms with van der Waals surface area (Å²) >= 11 is 0. The van der Waals surface area contributed by atoms with Gasteiger partial charge in [-0.05, 0) is 24.1 Å². The van der Waals surface area contributed by atoms with Gasteiger partial charge in [-0.3, -0.25) is 9.59 Å². The molecule has 0 bridgehead atoms. The van der Waals surface area contributed by atoms with E-state index in [9.17, 15) is 23.1 Å². The minimum absolute atomic E-state index is 0.0104. The summed E-state index contributed by atoms with van der Waals surface area (Å²) in [5.41, 5.74) is 1.20. The molecule has 0 aromatic heterocycles. The number of amides is 1. The molecule has 1 unspecified atom stereocenters. The van der Waals surface area contributed by atoms with Gasteiger partial charge < -0.3 is 15.3 Å². The molecule has 0 radical (unpaired) electrons. The molecule has 2 aliphatic rings. The second kappa shape index (κ2) is 7.75. The number of sulfonamides is 1. The minimum Gasteiger partial charge on any atom is -0.481 e. The number of carbonyl (C=O) groups excluding carboxylic acids is 1. The van der Waals surface area contributed by atoms with Gasteiger partial charge in [-0.15, -0.1) is 4.40 Å². The molecule has 9 heteroatoms. The van der Waals surface area contributed by atoms with Crippen LogP contribution in [0.2, 0.25) is 0 Å². The number of carbonyl (C=O) groups is 2. The summed E-state index contributed by atoms with van der Waals surface area (Å²) in [5.74, 6) is -2.00. The number of carboxylic acid groups (broad SMARTS) is 1. The number of amidine groups is 1. The van der Waals surface area contributed by atoms with E-state index < -0.39 is 27.8 Å². The zero-order valence-corrected chi connectivity index (χ0v) is 15.2. The summed E-state index contributed by atoms with van der Waals surface area (Å²) < 4.78 is 26.7. The predicted octanol–water partition coefficient (Wildman–Crippen LogP) is 0.544. The van der Waals surface area contributed by atoms with Gasteiger partial charge in [-0.2, -0.15) is 0 Å². The Labute approximate surface area is 157 Å². The molecule has 3 rings (SSSR count). The zero-order valence-electron chi connectivity index (χ0n) is 14.4. The Morgan fingerprint density at radius 3 is 2.67 bits per heavy atom. The first kappa shape index (κ1) is 18.8. The molecular formula is C18H19N3O5S. The second-order valence-corrected chi connectivity index (χ2v) is 8.04. The van der Waals surface area contributed by atoms with Gasteiger partial charge in [0.1, 0.15) is 5.84 Å². The molecule has 2 heterocycles. The maximum atomic E-state index is 12.4. The Morgan fingerprint density at radius 1 is 1.22 bits per heavy atom. The monoisotopic (exact) mass is 389 g/mol. The highest BCUT2D eigenvalue weighted by molar-refractivity contribution is 7.90. The smallest absolute Gasteiger partial charge is 0.308 e. The number of hydrogen-bond donors (Lipinski definition) is 2. The Bertz CT molecular complexity index is 935. The average molecular weight is 389 g/mol. The number of fused-ring (bicyclic) bond motifs is 1. The molecular weight excluding hydrogens is 370 g/mol. The lowest BCUT2D eigenvalue weighted by Gasteiger charge is -2.27. The first-order valence-electron chi connectivity index (χ1n) is 8.38. The van der Waals surface area contributed by atoms with E-state index in [4.69, 9.17) is 0 Å². The third-order valence-corrected chi connectivity index (χ3v) is 5.43. The van der Waals surface area contributed by atoms with E-state index in [2.05, 4.69) is 9.71 Å². The van der Waals surface area contributed by atoms with Gasteiger partial charge in [-0.1, -0.05) is 30.3 Å². The average Bonchev–Trinajstić information content (AvgIpc) is 2.64. The molecule has 0 fully saturated rings. The molecule has 1 atom stereocenters. The molecule has 0 spiro atoms. The highest BCUT2D eigenvalue weighted by Gasteiger charge is 2.25. The maximum Gasteiger partial charge on any atom is 0.308 e. The van der Waals surface area contributed by atoms with Crippen LogP contribution in [0.5, 0.6) is 0 Å². The van der Waals surface area contributed by atoms with Crippen molar-refractivity contribution < 1.29 is 23.1 Å². The van der Waals surface area contributed by atoms with Crippen molar-refractivity contribution >= 4 is 27.7 Å². The van der Waals surface area contributed by atoms with Crippen LogP contribution in [0, 0.1) is 5.92 Å². The molecule has 1 amide bonds. The molecule has 1 aromatic rings. The van der Waals surface area contributed by atoms with Crippen molar-refractivity contribution in [3.8, 4) is 0 Å². The normalized spacial score (nSPS) is 18.7. The predicted molar refractivity (Wildman–Crippen MR) is 99.4 cm³/mol. The van der Waals surface area contributed by atoms with Crippen molar-refractivity contribution in [1.29, 1.82) is 0 Å². The first-order chi connectivity index (χ1) is 12.8. The quantitative estimate of drug-likeness (QED) is 0.734. The molecule has 1 aromatic carbocycles. The second-order valence-electron chi connectivity index (χ2n) is 6.28. The summed E-state index contributed by atoms with van der Waals surface area (Å²) in [6.07, 6.45) is 4.77. The Balaban J connectivity index is 1.62. The van der Waals surface area contributed by atoms with E-state index in [1.807, 2.05) is 30.3 Å². The van der Waals surface area contributed by atoms with E-state index in [0.29, 0.717) is 12.0 Å². The molecule has 27 heavy (non-hydrogen) atoms. The van der Waals surface area contributed by atoms with E-state index in [0.717, 1.165) is 5.56 Å². The standard InChI is InChI=1S/C18H19N3O5S/c22-17(14-6-7-16-20-27(25,26)9-8-21(16)12-14)19-11-15(18(23)24)10-13-4-2-1-3-5-13/h1-7,12,15H,8-11H2,(H,19,22)(H,23,24). The molecule has 8 nitrogen and oxygen atoms in total. The van der Waals surface area contributed by atoms with Crippen LogP contribution in [0.15, 0.2) is 58.7 Å². The molecule has 0 aliphatic carbocycles. The number of carboxylic acids is 1. The van der Waals surface area contributed by atoms with Crippen molar-refractivity contribution in [2.45, 2.75) is 6.42 Å². The maximum absolute atomic E-state index is 12.4. The van der Waals surface area contributed by atoms with Crippen molar-refractivity contribution in [3.05, 3.63) is 59.8 Å². The molecule has 2 N–H and O–H groups in total. The van der Waals surface area contributed by atoms with Gasteiger partial charge in [0.25, 0.3) is 15.9 Å². The highest BCUT2D eigenvalue weighted by Crippen LogP contribution is 2.16.